The zero-order valence-corrected chi connectivity index (χ0v) is 74.0. The number of ether oxygens (including phenoxy) is 2. The second-order valence-corrected chi connectivity index (χ2v) is 39.5. The Balaban J connectivity index is 0.000000118. The van der Waals surface area contributed by atoms with Crippen LogP contribution in [-0.2, 0) is 37.8 Å². The standard InChI is InChI=1S/C27H33FN4O2.C24H27F3N4O.C23H34FN3O2.C23H24N6O/c1-19-11-22(20-9-10-20)29-12-23(19)31-16-26(32(24(31)33)15-25(28)17-34-18-25)13-27(14-26,30(2)3)21-7-5-4-6-8-21;1-29(2)23(18-6-4-3-5-7-18)14-22(15-23)16-30(21(32)31(22)13-17-8-9-17)20-10-19(11-28-12-20)24(25,26)27;1-21(2,29-5)15-26-16-22(27(20(26)28)12-17-9-10-17)13-23(14-22,25(3)4)18-7-6-8-19(24)11-18;1-28(2)23(18-6-4-3-5-7-18)14-22(15-23)16-29(21(30)27-22)19-12-25-20(26-13-19)17-8-10-24-11-9-17/h4-8,11-12,20H,9-10,13-18H2,1-3H3;3-7,10-12,17H,8-9,13-16H2,1-2H3;6-8,11,17H,9-10,12-16H2,1-5H3;3-13H,14-16H2,1-2H3,(H,27,30). The Hall–Kier alpha value is -10.1. The molecule has 125 heavy (non-hydrogen) atoms. The first-order valence-corrected chi connectivity index (χ1v) is 44.0. The topological polar surface area (TPSA) is 199 Å². The molecule has 20 rings (SSSR count). The summed E-state index contributed by atoms with van der Waals surface area (Å²) in [6.07, 6.45) is 19.8. The van der Waals surface area contributed by atoms with Gasteiger partial charge in [-0.05, 0) is 243 Å². The SMILES string of the molecule is CN(C)C1(c2ccccc2)CC2(CN(c3cnc(-c4ccncc4)nc3)C(=O)N2)C1.CN(C)C1(c2ccccc2)CC2(CN(c3cncc(C(F)(F)F)c3)C(=O)N2CC2CC2)C1.COC(C)(C)CN1CC2(CC(c3cccc(F)c3)(N(C)C)C2)N(CC2CC2)C1=O.Cc1cc(C2CC2)ncc1N1CC2(CC(c3ccccc3)(N(C)C)C2)N(CC2(F)COC2)C1=O. The molecule has 662 valence electrons. The molecule has 23 nitrogen and oxygen atoms in total. The van der Waals surface area contributed by atoms with Crippen molar-refractivity contribution in [1.29, 1.82) is 0 Å². The molecule has 9 heterocycles. The summed E-state index contributed by atoms with van der Waals surface area (Å²) in [5.74, 6) is 2.10. The number of benzene rings is 4. The second kappa shape index (κ2) is 32.6. The predicted octanol–water partition coefficient (Wildman–Crippen LogP) is 15.7. The Morgan fingerprint density at radius 2 is 1.00 bits per heavy atom. The van der Waals surface area contributed by atoms with Gasteiger partial charge in [0.1, 0.15) is 5.82 Å². The van der Waals surface area contributed by atoms with E-state index in [1.54, 1.807) is 48.9 Å². The number of methoxy groups -OCH3 is 1. The fourth-order valence-electron chi connectivity index (χ4n) is 21.7. The van der Waals surface area contributed by atoms with Crippen molar-refractivity contribution in [3.8, 4) is 11.4 Å². The van der Waals surface area contributed by atoms with Gasteiger partial charge in [-0.3, -0.25) is 49.3 Å². The van der Waals surface area contributed by atoms with Gasteiger partial charge in [0, 0.05) is 62.5 Å². The van der Waals surface area contributed by atoms with Crippen molar-refractivity contribution in [2.75, 3.05) is 144 Å². The molecule has 0 bridgehead atoms. The summed E-state index contributed by atoms with van der Waals surface area (Å²) in [6.45, 7) is 10.6. The first kappa shape index (κ1) is 87.0. The number of nitrogens with one attached hydrogen (secondary N) is 1. The maximum Gasteiger partial charge on any atom is 0.417 e. The quantitative estimate of drug-likeness (QED) is 0.0628. The number of alkyl halides is 4. The molecule has 12 aliphatic rings. The minimum atomic E-state index is -4.50. The number of anilines is 3. The zero-order valence-electron chi connectivity index (χ0n) is 74.0. The summed E-state index contributed by atoms with van der Waals surface area (Å²) in [5.41, 5.74) is 4.98. The molecule has 4 aromatic carbocycles. The molecule has 1 N–H and O–H groups in total. The normalized spacial score (nSPS) is 28.4. The third kappa shape index (κ3) is 16.3. The zero-order chi connectivity index (χ0) is 88.2. The predicted molar refractivity (Wildman–Crippen MR) is 470 cm³/mol. The summed E-state index contributed by atoms with van der Waals surface area (Å²) < 4.78 is 79.8. The number of rotatable bonds is 22. The third-order valence-corrected chi connectivity index (χ3v) is 29.5. The Labute approximate surface area is 730 Å². The number of carbonyl (C=O) groups excluding carboxylic acids is 4. The van der Waals surface area contributed by atoms with E-state index in [0.717, 1.165) is 118 Å². The molecular weight excluding hydrogens is 1590 g/mol. The number of hydrogen-bond donors (Lipinski definition) is 1. The van der Waals surface area contributed by atoms with Crippen LogP contribution in [0.5, 0.6) is 0 Å². The average Bonchev–Trinajstić information content (AvgIpc) is 1.61. The number of pyridine rings is 3. The molecule has 0 radical (unpaired) electrons. The minimum absolute atomic E-state index is 0.0566. The molecule has 8 amide bonds. The third-order valence-electron chi connectivity index (χ3n) is 29.5. The van der Waals surface area contributed by atoms with Crippen molar-refractivity contribution in [3.63, 3.8) is 0 Å². The molecule has 4 aromatic heterocycles. The van der Waals surface area contributed by atoms with Crippen LogP contribution in [0, 0.1) is 24.6 Å². The number of aromatic nitrogens is 5. The van der Waals surface area contributed by atoms with Crippen molar-refractivity contribution in [2.24, 2.45) is 11.8 Å². The lowest BCUT2D eigenvalue weighted by Gasteiger charge is -2.61. The van der Waals surface area contributed by atoms with Gasteiger partial charge < -0.3 is 34.4 Å². The second-order valence-electron chi connectivity index (χ2n) is 39.5. The van der Waals surface area contributed by atoms with Crippen LogP contribution in [0.4, 0.5) is 58.2 Å². The highest BCUT2D eigenvalue weighted by atomic mass is 19.4. The van der Waals surface area contributed by atoms with Crippen molar-refractivity contribution >= 4 is 41.2 Å². The molecule has 5 saturated heterocycles. The van der Waals surface area contributed by atoms with Gasteiger partial charge in [0.05, 0.1) is 143 Å². The molecule has 0 atom stereocenters. The minimum Gasteiger partial charge on any atom is -0.377 e. The summed E-state index contributed by atoms with van der Waals surface area (Å²) in [6, 6.07) is 44.8. The van der Waals surface area contributed by atoms with E-state index in [2.05, 4.69) is 185 Å². The van der Waals surface area contributed by atoms with E-state index in [1.807, 2.05) is 88.2 Å². The van der Waals surface area contributed by atoms with E-state index < -0.39 is 28.5 Å². The van der Waals surface area contributed by atoms with E-state index >= 15 is 4.39 Å². The summed E-state index contributed by atoms with van der Waals surface area (Å²) in [5, 5.41) is 3.24. The number of amides is 8. The molecule has 5 aliphatic heterocycles. The van der Waals surface area contributed by atoms with Crippen molar-refractivity contribution in [2.45, 2.75) is 178 Å². The first-order valence-electron chi connectivity index (χ1n) is 44.0. The van der Waals surface area contributed by atoms with Crippen LogP contribution in [0.25, 0.3) is 11.4 Å². The fourth-order valence-corrected chi connectivity index (χ4v) is 21.7. The number of halogens is 5. The Kier molecular flexibility index (Phi) is 22.7. The summed E-state index contributed by atoms with van der Waals surface area (Å²) in [7, 11) is 18.3. The highest BCUT2D eigenvalue weighted by Gasteiger charge is 2.70. The molecule has 7 aliphatic carbocycles. The van der Waals surface area contributed by atoms with Crippen molar-refractivity contribution in [1.82, 2.24) is 69.4 Å². The van der Waals surface area contributed by atoms with Crippen LogP contribution in [0.3, 0.4) is 0 Å². The van der Waals surface area contributed by atoms with E-state index in [0.29, 0.717) is 62.0 Å². The first-order chi connectivity index (χ1) is 59.5. The van der Waals surface area contributed by atoms with Crippen LogP contribution < -0.4 is 20.0 Å². The lowest BCUT2D eigenvalue weighted by atomic mass is 9.58. The van der Waals surface area contributed by atoms with Gasteiger partial charge in [0.2, 0.25) is 0 Å². The van der Waals surface area contributed by atoms with Crippen LogP contribution in [0.1, 0.15) is 149 Å². The van der Waals surface area contributed by atoms with E-state index in [-0.39, 0.29) is 94.2 Å². The molecule has 12 fully saturated rings. The van der Waals surface area contributed by atoms with Crippen LogP contribution in [0.2, 0.25) is 0 Å². The number of hydrogen-bond acceptors (Lipinski definition) is 15. The average molecular weight is 1710 g/mol. The van der Waals surface area contributed by atoms with Crippen LogP contribution in [0.15, 0.2) is 183 Å². The van der Waals surface area contributed by atoms with Crippen molar-refractivity contribution in [3.05, 3.63) is 228 Å². The highest BCUT2D eigenvalue weighted by Crippen LogP contribution is 2.62. The smallest absolute Gasteiger partial charge is 0.377 e. The van der Waals surface area contributed by atoms with Gasteiger partial charge in [0.25, 0.3) is 0 Å². The van der Waals surface area contributed by atoms with E-state index in [1.165, 1.54) is 59.5 Å². The lowest BCUT2D eigenvalue weighted by Crippen LogP contribution is -2.70. The van der Waals surface area contributed by atoms with Gasteiger partial charge in [0.15, 0.2) is 11.5 Å². The van der Waals surface area contributed by atoms with E-state index in [4.69, 9.17) is 9.47 Å². The Morgan fingerprint density at radius 1 is 0.512 bits per heavy atom. The van der Waals surface area contributed by atoms with Gasteiger partial charge in [-0.15, -0.1) is 0 Å². The molecular formula is C97H118F5N17O6. The highest BCUT2D eigenvalue weighted by molar-refractivity contribution is 5.98. The maximum atomic E-state index is 15.3. The fraction of sp³-hybridized carbons (Fsp3) is 0.515. The summed E-state index contributed by atoms with van der Waals surface area (Å²) >= 11 is 0. The molecule has 4 spiro atoms. The number of carbonyl (C=O) groups is 4. The monoisotopic (exact) mass is 1710 g/mol. The van der Waals surface area contributed by atoms with E-state index in [9.17, 15) is 36.7 Å². The van der Waals surface area contributed by atoms with Crippen LogP contribution >= 0.6 is 0 Å². The van der Waals surface area contributed by atoms with Gasteiger partial charge in [-0.2, -0.15) is 13.2 Å². The number of nitrogens with zero attached hydrogens (tertiary/aromatic N) is 16. The molecule has 28 heteroatoms. The van der Waals surface area contributed by atoms with Crippen molar-refractivity contribution < 1.29 is 50.6 Å². The molecule has 0 unspecified atom stereocenters. The largest absolute Gasteiger partial charge is 0.417 e. The van der Waals surface area contributed by atoms with Gasteiger partial charge in [-0.25, -0.2) is 37.9 Å². The Morgan fingerprint density at radius 3 is 1.48 bits per heavy atom. The molecule has 8 aromatic rings. The number of urea groups is 4. The summed E-state index contributed by atoms with van der Waals surface area (Å²) in [4.78, 5) is 96.8. The van der Waals surface area contributed by atoms with Crippen LogP contribution in [-0.4, -0.2) is 251 Å². The molecule has 7 saturated carbocycles. The maximum absolute atomic E-state index is 15.3. The van der Waals surface area contributed by atoms with Gasteiger partial charge >= 0.3 is 30.3 Å². The number of aryl methyl sites for hydroxylation is 1. The van der Waals surface area contributed by atoms with Gasteiger partial charge in [-0.1, -0.05) is 103 Å². The lowest BCUT2D eigenvalue weighted by molar-refractivity contribution is -0.155. The Bertz CT molecular complexity index is 5240.